The van der Waals surface area contributed by atoms with Crippen LogP contribution in [0.15, 0.2) is 52.4 Å². The van der Waals surface area contributed by atoms with Gasteiger partial charge in [-0.3, -0.25) is 4.99 Å². The van der Waals surface area contributed by atoms with E-state index in [1.807, 2.05) is 6.07 Å². The van der Waals surface area contributed by atoms with Crippen LogP contribution in [0.4, 0.5) is 4.39 Å². The molecule has 0 amide bonds. The number of aryl methyl sites for hydroxylation is 1. The number of halogens is 1. The number of sulfone groups is 1. The van der Waals surface area contributed by atoms with E-state index in [2.05, 4.69) is 29.5 Å². The smallest absolute Gasteiger partial charge is 0.191 e. The molecule has 0 unspecified atom stereocenters. The minimum atomic E-state index is -3.22. The lowest BCUT2D eigenvalue weighted by atomic mass is 9.84. The van der Waals surface area contributed by atoms with E-state index in [-0.39, 0.29) is 11.2 Å². The highest BCUT2D eigenvalue weighted by Gasteiger charge is 2.21. The topological polar surface area (TPSA) is 70.6 Å². The van der Waals surface area contributed by atoms with Crippen molar-refractivity contribution in [3.63, 3.8) is 0 Å². The van der Waals surface area contributed by atoms with Gasteiger partial charge in [0.05, 0.1) is 4.90 Å². The van der Waals surface area contributed by atoms with Crippen LogP contribution in [0.3, 0.4) is 0 Å². The molecule has 0 saturated heterocycles. The molecule has 0 fully saturated rings. The number of aliphatic imine (C=N–C) groups is 1. The number of nitrogens with zero attached hydrogens (tertiary/aromatic N) is 1. The lowest BCUT2D eigenvalue weighted by Crippen LogP contribution is -2.43. The molecule has 2 aromatic rings. The lowest BCUT2D eigenvalue weighted by molar-refractivity contribution is 0.507. The van der Waals surface area contributed by atoms with E-state index >= 15 is 0 Å². The van der Waals surface area contributed by atoms with Crippen molar-refractivity contribution < 1.29 is 12.8 Å². The molecule has 2 rings (SSSR count). The quantitative estimate of drug-likeness (QED) is 0.572. The summed E-state index contributed by atoms with van der Waals surface area (Å²) in [5.74, 6) is 0.391. The van der Waals surface area contributed by atoms with E-state index in [1.54, 1.807) is 38.2 Å². The molecule has 0 aliphatic carbocycles. The fraction of sp³-hybridized carbons (Fsp3) is 0.381. The summed E-state index contributed by atoms with van der Waals surface area (Å²) < 4.78 is 36.6. The molecule has 0 bridgehead atoms. The Bertz CT molecular complexity index is 952. The Morgan fingerprint density at radius 3 is 2.29 bits per heavy atom. The van der Waals surface area contributed by atoms with Gasteiger partial charge >= 0.3 is 0 Å². The molecule has 0 atom stereocenters. The monoisotopic (exact) mass is 405 g/mol. The number of hydrogen-bond donors (Lipinski definition) is 2. The zero-order valence-electron chi connectivity index (χ0n) is 17.0. The van der Waals surface area contributed by atoms with Crippen molar-refractivity contribution in [2.75, 3.05) is 19.8 Å². The maximum absolute atomic E-state index is 13.1. The summed E-state index contributed by atoms with van der Waals surface area (Å²) >= 11 is 0. The van der Waals surface area contributed by atoms with Gasteiger partial charge in [-0.05, 0) is 41.8 Å². The van der Waals surface area contributed by atoms with Gasteiger partial charge in [0.2, 0.25) is 0 Å². The zero-order valence-corrected chi connectivity index (χ0v) is 17.8. The minimum Gasteiger partial charge on any atom is -0.356 e. The van der Waals surface area contributed by atoms with Gasteiger partial charge in [0, 0.05) is 31.8 Å². The zero-order chi connectivity index (χ0) is 20.9. The van der Waals surface area contributed by atoms with E-state index in [9.17, 15) is 12.8 Å². The molecule has 2 N–H and O–H groups in total. The molecule has 7 heteroatoms. The molecular formula is C21H28FN3O2S. The van der Waals surface area contributed by atoms with Crippen LogP contribution in [0.5, 0.6) is 0 Å². The Kier molecular flexibility index (Phi) is 6.82. The summed E-state index contributed by atoms with van der Waals surface area (Å²) in [6, 6.07) is 11.8. The summed E-state index contributed by atoms with van der Waals surface area (Å²) in [6.45, 7) is 7.08. The second kappa shape index (κ2) is 8.73. The third kappa shape index (κ3) is 5.79. The maximum Gasteiger partial charge on any atom is 0.191 e. The Labute approximate surface area is 167 Å². The number of nitrogens with one attached hydrogen (secondary N) is 2. The van der Waals surface area contributed by atoms with Crippen molar-refractivity contribution in [3.8, 4) is 0 Å². The van der Waals surface area contributed by atoms with E-state index in [1.165, 1.54) is 18.4 Å². The van der Waals surface area contributed by atoms with Crippen molar-refractivity contribution in [2.24, 2.45) is 4.99 Å². The predicted octanol–water partition coefficient (Wildman–Crippen LogP) is 3.18. The molecule has 28 heavy (non-hydrogen) atoms. The molecule has 5 nitrogen and oxygen atoms in total. The molecular weight excluding hydrogens is 377 g/mol. The van der Waals surface area contributed by atoms with Gasteiger partial charge in [-0.25, -0.2) is 12.8 Å². The van der Waals surface area contributed by atoms with Crippen LogP contribution in [-0.2, 0) is 21.8 Å². The van der Waals surface area contributed by atoms with Gasteiger partial charge in [0.25, 0.3) is 0 Å². The first-order valence-corrected chi connectivity index (χ1v) is 10.9. The lowest BCUT2D eigenvalue weighted by Gasteiger charge is -2.27. The third-order valence-corrected chi connectivity index (χ3v) is 5.90. The van der Waals surface area contributed by atoms with Gasteiger partial charge in [-0.15, -0.1) is 0 Å². The van der Waals surface area contributed by atoms with Gasteiger partial charge < -0.3 is 10.6 Å². The summed E-state index contributed by atoms with van der Waals surface area (Å²) in [6.07, 6.45) is 1.21. The average molecular weight is 406 g/mol. The first-order valence-electron chi connectivity index (χ1n) is 9.03. The van der Waals surface area contributed by atoms with Gasteiger partial charge in [-0.2, -0.15) is 0 Å². The normalized spacial score (nSPS) is 12.7. The molecule has 152 valence electrons. The molecule has 0 saturated carbocycles. The first kappa shape index (κ1) is 21.9. The van der Waals surface area contributed by atoms with Crippen LogP contribution in [0, 0.1) is 12.7 Å². The van der Waals surface area contributed by atoms with Crippen molar-refractivity contribution in [2.45, 2.75) is 37.6 Å². The summed E-state index contributed by atoms with van der Waals surface area (Å²) in [7, 11) is -1.53. The van der Waals surface area contributed by atoms with E-state index in [0.29, 0.717) is 23.9 Å². The molecule has 0 aliphatic rings. The number of benzene rings is 2. The van der Waals surface area contributed by atoms with Crippen LogP contribution < -0.4 is 10.6 Å². The highest BCUT2D eigenvalue weighted by atomic mass is 32.2. The van der Waals surface area contributed by atoms with Crippen molar-refractivity contribution in [1.29, 1.82) is 0 Å². The second-order valence-electron chi connectivity index (χ2n) is 7.54. The van der Waals surface area contributed by atoms with Crippen molar-refractivity contribution in [3.05, 3.63) is 65.0 Å². The summed E-state index contributed by atoms with van der Waals surface area (Å²) in [5.41, 5.74) is 2.51. The molecule has 0 aromatic heterocycles. The molecule has 0 spiro atoms. The highest BCUT2D eigenvalue weighted by molar-refractivity contribution is 7.90. The Hall–Kier alpha value is -2.41. The fourth-order valence-corrected chi connectivity index (χ4v) is 3.91. The first-order chi connectivity index (χ1) is 13.0. The highest BCUT2D eigenvalue weighted by Crippen LogP contribution is 2.22. The summed E-state index contributed by atoms with van der Waals surface area (Å²) in [5, 5.41) is 6.53. The number of rotatable bonds is 6. The largest absolute Gasteiger partial charge is 0.356 e. The SMILES string of the molecule is CN=C(NCc1ccc(S(C)(=O)=O)c(C)c1)NCC(C)(C)c1ccc(F)cc1. The maximum atomic E-state index is 13.1. The Morgan fingerprint density at radius 1 is 1.11 bits per heavy atom. The Balaban J connectivity index is 1.98. The van der Waals surface area contributed by atoms with Crippen LogP contribution in [0.25, 0.3) is 0 Å². The van der Waals surface area contributed by atoms with Crippen molar-refractivity contribution in [1.82, 2.24) is 10.6 Å². The fourth-order valence-electron chi connectivity index (χ4n) is 2.95. The third-order valence-electron chi connectivity index (χ3n) is 4.65. The van der Waals surface area contributed by atoms with Crippen LogP contribution >= 0.6 is 0 Å². The van der Waals surface area contributed by atoms with Crippen LogP contribution in [0.1, 0.15) is 30.5 Å². The van der Waals surface area contributed by atoms with E-state index < -0.39 is 9.84 Å². The van der Waals surface area contributed by atoms with Gasteiger partial charge in [0.1, 0.15) is 5.82 Å². The number of guanidine groups is 1. The van der Waals surface area contributed by atoms with E-state index in [0.717, 1.165) is 16.7 Å². The van der Waals surface area contributed by atoms with Crippen LogP contribution in [0.2, 0.25) is 0 Å². The number of hydrogen-bond acceptors (Lipinski definition) is 3. The van der Waals surface area contributed by atoms with Gasteiger partial charge in [0.15, 0.2) is 15.8 Å². The van der Waals surface area contributed by atoms with Crippen molar-refractivity contribution >= 4 is 15.8 Å². The second-order valence-corrected chi connectivity index (χ2v) is 9.53. The standard InChI is InChI=1S/C21H28FN3O2S/c1-15-12-16(6-11-19(15)28(5,26)27)13-24-20(23-4)25-14-21(2,3)17-7-9-18(22)10-8-17/h6-12H,13-14H2,1-5H3,(H2,23,24,25). The van der Waals surface area contributed by atoms with Crippen LogP contribution in [-0.4, -0.2) is 34.2 Å². The summed E-state index contributed by atoms with van der Waals surface area (Å²) in [4.78, 5) is 4.58. The minimum absolute atomic E-state index is 0.209. The Morgan fingerprint density at radius 2 is 1.75 bits per heavy atom. The van der Waals surface area contributed by atoms with Gasteiger partial charge in [-0.1, -0.05) is 38.1 Å². The van der Waals surface area contributed by atoms with E-state index in [4.69, 9.17) is 0 Å². The average Bonchev–Trinajstić information content (AvgIpc) is 2.61. The molecule has 2 aromatic carbocycles. The predicted molar refractivity (Wildman–Crippen MR) is 112 cm³/mol. The molecule has 0 heterocycles. The molecule has 0 aliphatic heterocycles. The molecule has 0 radical (unpaired) electrons.